The zero-order chi connectivity index (χ0) is 15.5. The number of hydrogen-bond acceptors (Lipinski definition) is 3. The van der Waals surface area contributed by atoms with Crippen LogP contribution in [-0.4, -0.2) is 10.1 Å². The molecule has 3 aromatic rings. The predicted molar refractivity (Wildman–Crippen MR) is 83.1 cm³/mol. The van der Waals surface area contributed by atoms with Crippen LogP contribution < -0.4 is 4.74 Å². The minimum Gasteiger partial charge on any atom is -0.488 e. The number of aliphatic hydroxyl groups excluding tert-OH is 1. The molecule has 0 aliphatic carbocycles. The smallest absolute Gasteiger partial charge is 0.134 e. The average Bonchev–Trinajstić information content (AvgIpc) is 2.54. The lowest BCUT2D eigenvalue weighted by molar-refractivity contribution is 0.272. The number of benzene rings is 2. The number of aliphatic hydroxyl groups is 1. The van der Waals surface area contributed by atoms with Crippen LogP contribution >= 0.6 is 0 Å². The molecule has 2 aromatic carbocycles. The van der Waals surface area contributed by atoms with Crippen molar-refractivity contribution in [2.24, 2.45) is 0 Å². The van der Waals surface area contributed by atoms with Gasteiger partial charge in [0.2, 0.25) is 0 Å². The van der Waals surface area contributed by atoms with Crippen molar-refractivity contribution in [3.05, 3.63) is 71.2 Å². The maximum Gasteiger partial charge on any atom is 0.134 e. The number of nitrogens with zero attached hydrogens (tertiary/aromatic N) is 1. The molecule has 0 unspecified atom stereocenters. The molecule has 1 heterocycles. The van der Waals surface area contributed by atoms with E-state index in [4.69, 9.17) is 4.74 Å². The van der Waals surface area contributed by atoms with E-state index < -0.39 is 0 Å². The molecule has 3 nitrogen and oxygen atoms in total. The second-order valence-electron chi connectivity index (χ2n) is 5.11. The zero-order valence-corrected chi connectivity index (χ0v) is 12.2. The van der Waals surface area contributed by atoms with Crippen molar-refractivity contribution in [2.75, 3.05) is 0 Å². The van der Waals surface area contributed by atoms with Gasteiger partial charge in [0.1, 0.15) is 18.2 Å². The predicted octanol–water partition coefficient (Wildman–Crippen LogP) is 3.75. The van der Waals surface area contributed by atoms with Crippen LogP contribution in [-0.2, 0) is 13.2 Å². The fourth-order valence-electron chi connectivity index (χ4n) is 2.42. The third kappa shape index (κ3) is 2.78. The molecule has 0 radical (unpaired) electrons. The molecule has 1 N–H and O–H groups in total. The average molecular weight is 297 g/mol. The second-order valence-corrected chi connectivity index (χ2v) is 5.11. The molecule has 0 atom stereocenters. The molecule has 0 saturated carbocycles. The number of fused-ring (bicyclic) bond motifs is 1. The Balaban J connectivity index is 2.05. The van der Waals surface area contributed by atoms with E-state index in [0.29, 0.717) is 29.0 Å². The molecule has 0 amide bonds. The molecule has 112 valence electrons. The van der Waals surface area contributed by atoms with E-state index in [-0.39, 0.29) is 12.4 Å². The summed E-state index contributed by atoms with van der Waals surface area (Å²) in [6.45, 7) is 2.02. The maximum absolute atomic E-state index is 13.6. The first-order valence-corrected chi connectivity index (χ1v) is 7.05. The van der Waals surface area contributed by atoms with Crippen molar-refractivity contribution in [3.63, 3.8) is 0 Å². The quantitative estimate of drug-likeness (QED) is 0.797. The number of halogens is 1. The van der Waals surface area contributed by atoms with Gasteiger partial charge in [0.15, 0.2) is 0 Å². The lowest BCUT2D eigenvalue weighted by Gasteiger charge is -2.15. The van der Waals surface area contributed by atoms with E-state index in [9.17, 15) is 9.50 Å². The summed E-state index contributed by atoms with van der Waals surface area (Å²) in [5.74, 6) is 0.229. The van der Waals surface area contributed by atoms with Gasteiger partial charge in [-0.1, -0.05) is 30.3 Å². The normalized spacial score (nSPS) is 10.9. The summed E-state index contributed by atoms with van der Waals surface area (Å²) in [6.07, 6.45) is 0. The van der Waals surface area contributed by atoms with Gasteiger partial charge in [-0.25, -0.2) is 9.37 Å². The lowest BCUT2D eigenvalue weighted by Crippen LogP contribution is -2.03. The Kier molecular flexibility index (Phi) is 4.02. The van der Waals surface area contributed by atoms with Crippen LogP contribution in [0.3, 0.4) is 0 Å². The van der Waals surface area contributed by atoms with Gasteiger partial charge in [-0.15, -0.1) is 0 Å². The van der Waals surface area contributed by atoms with Crippen molar-refractivity contribution in [1.29, 1.82) is 0 Å². The molecule has 0 saturated heterocycles. The topological polar surface area (TPSA) is 42.4 Å². The molecule has 0 fully saturated rings. The van der Waals surface area contributed by atoms with E-state index in [1.54, 1.807) is 6.07 Å². The van der Waals surface area contributed by atoms with Crippen molar-refractivity contribution in [2.45, 2.75) is 20.1 Å². The van der Waals surface area contributed by atoms with E-state index in [1.165, 1.54) is 12.1 Å². The monoisotopic (exact) mass is 297 g/mol. The van der Waals surface area contributed by atoms with E-state index in [0.717, 1.165) is 11.1 Å². The van der Waals surface area contributed by atoms with E-state index in [2.05, 4.69) is 4.98 Å². The Morgan fingerprint density at radius 1 is 1.14 bits per heavy atom. The standard InChI is InChI=1S/C18H16FNO2/c1-12-17(10-21)20-16-8-7-14(19)9-15(16)18(12)22-11-13-5-3-2-4-6-13/h2-9,21H,10-11H2,1H3. The summed E-state index contributed by atoms with van der Waals surface area (Å²) in [5, 5.41) is 10.1. The number of ether oxygens (including phenoxy) is 1. The molecule has 0 bridgehead atoms. The van der Waals surface area contributed by atoms with Gasteiger partial charge in [0.05, 0.1) is 17.8 Å². The van der Waals surface area contributed by atoms with Crippen molar-refractivity contribution < 1.29 is 14.2 Å². The van der Waals surface area contributed by atoms with Gasteiger partial charge >= 0.3 is 0 Å². The summed E-state index contributed by atoms with van der Waals surface area (Å²) in [4.78, 5) is 4.35. The third-order valence-corrected chi connectivity index (χ3v) is 3.61. The molecule has 3 rings (SSSR count). The van der Waals surface area contributed by atoms with Gasteiger partial charge in [-0.05, 0) is 30.7 Å². The van der Waals surface area contributed by atoms with Crippen LogP contribution in [0.5, 0.6) is 5.75 Å². The summed E-state index contributed by atoms with van der Waals surface area (Å²) < 4.78 is 19.5. The Hall–Kier alpha value is -2.46. The van der Waals surface area contributed by atoms with Crippen LogP contribution in [0.1, 0.15) is 16.8 Å². The number of pyridine rings is 1. The van der Waals surface area contributed by atoms with Crippen LogP contribution in [0.2, 0.25) is 0 Å². The Bertz CT molecular complexity index is 803. The maximum atomic E-state index is 13.6. The van der Waals surface area contributed by atoms with Crippen LogP contribution in [0.15, 0.2) is 48.5 Å². The van der Waals surface area contributed by atoms with Crippen molar-refractivity contribution in [1.82, 2.24) is 4.98 Å². The first kappa shape index (κ1) is 14.5. The second kappa shape index (κ2) is 6.12. The minimum absolute atomic E-state index is 0.180. The van der Waals surface area contributed by atoms with Crippen LogP contribution in [0, 0.1) is 12.7 Å². The molecule has 0 aliphatic rings. The first-order valence-electron chi connectivity index (χ1n) is 7.05. The Morgan fingerprint density at radius 3 is 2.64 bits per heavy atom. The van der Waals surface area contributed by atoms with Gasteiger partial charge in [0.25, 0.3) is 0 Å². The summed E-state index contributed by atoms with van der Waals surface area (Å²) in [6, 6.07) is 14.1. The van der Waals surface area contributed by atoms with Gasteiger partial charge in [-0.3, -0.25) is 0 Å². The highest BCUT2D eigenvalue weighted by molar-refractivity contribution is 5.86. The Morgan fingerprint density at radius 2 is 1.91 bits per heavy atom. The van der Waals surface area contributed by atoms with Crippen LogP contribution in [0.25, 0.3) is 10.9 Å². The van der Waals surface area contributed by atoms with Gasteiger partial charge in [0, 0.05) is 10.9 Å². The summed E-state index contributed by atoms with van der Waals surface area (Å²) in [5.41, 5.74) is 2.91. The summed E-state index contributed by atoms with van der Waals surface area (Å²) in [7, 11) is 0. The molecular formula is C18H16FNO2. The van der Waals surface area contributed by atoms with Gasteiger partial charge in [-0.2, -0.15) is 0 Å². The highest BCUT2D eigenvalue weighted by Gasteiger charge is 2.13. The Labute approximate surface area is 128 Å². The zero-order valence-electron chi connectivity index (χ0n) is 12.2. The van der Waals surface area contributed by atoms with E-state index in [1.807, 2.05) is 37.3 Å². The van der Waals surface area contributed by atoms with Crippen molar-refractivity contribution >= 4 is 10.9 Å². The summed E-state index contributed by atoms with van der Waals surface area (Å²) >= 11 is 0. The molecular weight excluding hydrogens is 281 g/mol. The molecule has 1 aromatic heterocycles. The number of aromatic nitrogens is 1. The fraction of sp³-hybridized carbons (Fsp3) is 0.167. The SMILES string of the molecule is Cc1c(CO)nc2ccc(F)cc2c1OCc1ccccc1. The molecule has 0 spiro atoms. The largest absolute Gasteiger partial charge is 0.488 e. The lowest BCUT2D eigenvalue weighted by atomic mass is 10.1. The third-order valence-electron chi connectivity index (χ3n) is 3.61. The first-order chi connectivity index (χ1) is 10.7. The number of hydrogen-bond donors (Lipinski definition) is 1. The highest BCUT2D eigenvalue weighted by atomic mass is 19.1. The van der Waals surface area contributed by atoms with Crippen LogP contribution in [0.4, 0.5) is 4.39 Å². The minimum atomic E-state index is -0.338. The van der Waals surface area contributed by atoms with Crippen molar-refractivity contribution in [3.8, 4) is 5.75 Å². The molecule has 0 aliphatic heterocycles. The van der Waals surface area contributed by atoms with E-state index >= 15 is 0 Å². The number of rotatable bonds is 4. The molecule has 4 heteroatoms. The van der Waals surface area contributed by atoms with Gasteiger partial charge < -0.3 is 9.84 Å². The molecule has 22 heavy (non-hydrogen) atoms. The fourth-order valence-corrected chi connectivity index (χ4v) is 2.42. The highest BCUT2D eigenvalue weighted by Crippen LogP contribution is 2.31.